The van der Waals surface area contributed by atoms with Gasteiger partial charge in [-0.15, -0.1) is 0 Å². The molecule has 1 aliphatic rings. The standard InChI is InChI=1S/C15H21FN2O2/c1-2-17-14-10(6-5-7-11(14)16)15(20)18-12-8-3-4-9-13(12)19/h5-7,12-13,17,19H,2-4,8-9H2,1H3,(H,18,20). The van der Waals surface area contributed by atoms with Crippen molar-refractivity contribution in [1.82, 2.24) is 5.32 Å². The first kappa shape index (κ1) is 14.8. The zero-order chi connectivity index (χ0) is 14.5. The monoisotopic (exact) mass is 280 g/mol. The van der Waals surface area contributed by atoms with Gasteiger partial charge in [-0.3, -0.25) is 4.79 Å². The minimum absolute atomic E-state index is 0.220. The Morgan fingerprint density at radius 1 is 1.40 bits per heavy atom. The van der Waals surface area contributed by atoms with Crippen LogP contribution >= 0.6 is 0 Å². The molecule has 1 aromatic carbocycles. The summed E-state index contributed by atoms with van der Waals surface area (Å²) in [5.74, 6) is -0.782. The SMILES string of the molecule is CCNc1c(F)cccc1C(=O)NC1CCCCC1O. The molecule has 0 aliphatic heterocycles. The van der Waals surface area contributed by atoms with Gasteiger partial charge in [0.15, 0.2) is 0 Å². The fourth-order valence-electron chi connectivity index (χ4n) is 2.60. The summed E-state index contributed by atoms with van der Waals surface area (Å²) in [4.78, 5) is 12.3. The van der Waals surface area contributed by atoms with E-state index in [0.29, 0.717) is 13.0 Å². The average Bonchev–Trinajstić information content (AvgIpc) is 2.43. The first-order chi connectivity index (χ1) is 9.63. The summed E-state index contributed by atoms with van der Waals surface area (Å²) in [5.41, 5.74) is 0.502. The first-order valence-electron chi connectivity index (χ1n) is 7.14. The molecule has 1 amide bonds. The van der Waals surface area contributed by atoms with Crippen LogP contribution in [0.15, 0.2) is 18.2 Å². The molecule has 0 spiro atoms. The summed E-state index contributed by atoms with van der Waals surface area (Å²) in [5, 5.41) is 15.6. The third kappa shape index (κ3) is 3.28. The maximum Gasteiger partial charge on any atom is 0.253 e. The molecule has 0 heterocycles. The number of hydrogen-bond donors (Lipinski definition) is 3. The smallest absolute Gasteiger partial charge is 0.253 e. The summed E-state index contributed by atoms with van der Waals surface area (Å²) < 4.78 is 13.8. The van der Waals surface area contributed by atoms with Crippen LogP contribution in [0.2, 0.25) is 0 Å². The van der Waals surface area contributed by atoms with E-state index in [1.165, 1.54) is 12.1 Å². The van der Waals surface area contributed by atoms with Crippen molar-refractivity contribution in [3.8, 4) is 0 Å². The van der Waals surface area contributed by atoms with Crippen LogP contribution in [0.3, 0.4) is 0 Å². The van der Waals surface area contributed by atoms with Crippen LogP contribution in [-0.2, 0) is 0 Å². The van der Waals surface area contributed by atoms with Gasteiger partial charge in [-0.1, -0.05) is 18.9 Å². The van der Waals surface area contributed by atoms with Crippen molar-refractivity contribution in [2.75, 3.05) is 11.9 Å². The number of rotatable bonds is 4. The number of hydrogen-bond acceptors (Lipinski definition) is 3. The van der Waals surface area contributed by atoms with Crippen molar-refractivity contribution in [1.29, 1.82) is 0 Å². The predicted molar refractivity (Wildman–Crippen MR) is 76.3 cm³/mol. The number of carbonyl (C=O) groups is 1. The number of para-hydroxylation sites is 1. The summed E-state index contributed by atoms with van der Waals surface area (Å²) in [6.45, 7) is 2.38. The molecule has 5 heteroatoms. The molecule has 0 aromatic heterocycles. The van der Waals surface area contributed by atoms with E-state index in [2.05, 4.69) is 10.6 Å². The Bertz CT molecular complexity index is 479. The molecule has 3 N–H and O–H groups in total. The van der Waals surface area contributed by atoms with Crippen LogP contribution < -0.4 is 10.6 Å². The van der Waals surface area contributed by atoms with Crippen LogP contribution in [0.1, 0.15) is 43.0 Å². The Labute approximate surface area is 118 Å². The van der Waals surface area contributed by atoms with Gasteiger partial charge < -0.3 is 15.7 Å². The highest BCUT2D eigenvalue weighted by Gasteiger charge is 2.26. The van der Waals surface area contributed by atoms with Gasteiger partial charge in [-0.2, -0.15) is 0 Å². The second kappa shape index (κ2) is 6.70. The number of anilines is 1. The zero-order valence-electron chi connectivity index (χ0n) is 11.7. The lowest BCUT2D eigenvalue weighted by atomic mass is 9.92. The van der Waals surface area contributed by atoms with Crippen LogP contribution in [-0.4, -0.2) is 29.7 Å². The Morgan fingerprint density at radius 2 is 2.15 bits per heavy atom. The molecule has 110 valence electrons. The summed E-state index contributed by atoms with van der Waals surface area (Å²) in [6.07, 6.45) is 2.93. The minimum Gasteiger partial charge on any atom is -0.391 e. The lowest BCUT2D eigenvalue weighted by Gasteiger charge is -2.28. The van der Waals surface area contributed by atoms with Crippen LogP contribution in [0.5, 0.6) is 0 Å². The van der Waals surface area contributed by atoms with Gasteiger partial charge in [0.1, 0.15) is 5.82 Å². The Balaban J connectivity index is 2.14. The van der Waals surface area contributed by atoms with Crippen molar-refractivity contribution < 1.29 is 14.3 Å². The van der Waals surface area contributed by atoms with Crippen molar-refractivity contribution in [3.05, 3.63) is 29.6 Å². The number of amides is 1. The van der Waals surface area contributed by atoms with E-state index < -0.39 is 11.9 Å². The first-order valence-corrected chi connectivity index (χ1v) is 7.14. The fraction of sp³-hybridized carbons (Fsp3) is 0.533. The van der Waals surface area contributed by atoms with Gasteiger partial charge in [-0.25, -0.2) is 4.39 Å². The molecule has 2 rings (SSSR count). The Hall–Kier alpha value is -1.62. The summed E-state index contributed by atoms with van der Waals surface area (Å²) in [7, 11) is 0. The van der Waals surface area contributed by atoms with Crippen molar-refractivity contribution in [3.63, 3.8) is 0 Å². The highest BCUT2D eigenvalue weighted by Crippen LogP contribution is 2.22. The quantitative estimate of drug-likeness (QED) is 0.793. The summed E-state index contributed by atoms with van der Waals surface area (Å²) >= 11 is 0. The van der Waals surface area contributed by atoms with Crippen molar-refractivity contribution in [2.24, 2.45) is 0 Å². The van der Waals surface area contributed by atoms with E-state index in [0.717, 1.165) is 19.3 Å². The highest BCUT2D eigenvalue weighted by atomic mass is 19.1. The highest BCUT2D eigenvalue weighted by molar-refractivity contribution is 5.99. The second-order valence-electron chi connectivity index (χ2n) is 5.12. The van der Waals surface area contributed by atoms with Crippen molar-refractivity contribution in [2.45, 2.75) is 44.8 Å². The van der Waals surface area contributed by atoms with E-state index in [1.807, 2.05) is 6.92 Å². The number of halogens is 1. The number of aliphatic hydroxyl groups excluding tert-OH is 1. The second-order valence-corrected chi connectivity index (χ2v) is 5.12. The van der Waals surface area contributed by atoms with Crippen LogP contribution in [0.4, 0.5) is 10.1 Å². The molecule has 1 aromatic rings. The lowest BCUT2D eigenvalue weighted by molar-refractivity contribution is 0.0717. The van der Waals surface area contributed by atoms with Gasteiger partial charge >= 0.3 is 0 Å². The Kier molecular flexibility index (Phi) is 4.95. The van der Waals surface area contributed by atoms with E-state index in [1.54, 1.807) is 6.07 Å². The molecule has 2 unspecified atom stereocenters. The molecule has 1 aliphatic carbocycles. The third-order valence-corrected chi connectivity index (χ3v) is 3.66. The molecule has 4 nitrogen and oxygen atoms in total. The van der Waals surface area contributed by atoms with Crippen LogP contribution in [0, 0.1) is 5.82 Å². The maximum absolute atomic E-state index is 13.8. The van der Waals surface area contributed by atoms with Crippen LogP contribution in [0.25, 0.3) is 0 Å². The van der Waals surface area contributed by atoms with Crippen molar-refractivity contribution >= 4 is 11.6 Å². The van der Waals surface area contributed by atoms with E-state index >= 15 is 0 Å². The minimum atomic E-state index is -0.510. The van der Waals surface area contributed by atoms with E-state index in [-0.39, 0.29) is 23.2 Å². The maximum atomic E-state index is 13.8. The normalized spacial score (nSPS) is 22.4. The molecular formula is C15H21FN2O2. The van der Waals surface area contributed by atoms with E-state index in [4.69, 9.17) is 0 Å². The molecule has 2 atom stereocenters. The molecule has 20 heavy (non-hydrogen) atoms. The fourth-order valence-corrected chi connectivity index (χ4v) is 2.60. The molecule has 1 fully saturated rings. The van der Waals surface area contributed by atoms with Gasteiger partial charge in [0.25, 0.3) is 5.91 Å². The van der Waals surface area contributed by atoms with Gasteiger partial charge in [-0.05, 0) is 31.9 Å². The average molecular weight is 280 g/mol. The predicted octanol–water partition coefficient (Wildman–Crippen LogP) is 2.29. The Morgan fingerprint density at radius 3 is 2.85 bits per heavy atom. The molecule has 0 bridgehead atoms. The van der Waals surface area contributed by atoms with E-state index in [9.17, 15) is 14.3 Å². The molecule has 1 saturated carbocycles. The zero-order valence-corrected chi connectivity index (χ0v) is 11.7. The van der Waals surface area contributed by atoms with Gasteiger partial charge in [0, 0.05) is 6.54 Å². The molecule has 0 saturated heterocycles. The third-order valence-electron chi connectivity index (χ3n) is 3.66. The number of aliphatic hydroxyl groups is 1. The molecular weight excluding hydrogens is 259 g/mol. The summed E-state index contributed by atoms with van der Waals surface area (Å²) in [6, 6.07) is 4.19. The largest absolute Gasteiger partial charge is 0.391 e. The number of nitrogens with one attached hydrogen (secondary N) is 2. The van der Waals surface area contributed by atoms with Gasteiger partial charge in [0.2, 0.25) is 0 Å². The topological polar surface area (TPSA) is 61.4 Å². The molecule has 0 radical (unpaired) electrons. The number of benzene rings is 1. The lowest BCUT2D eigenvalue weighted by Crippen LogP contribution is -2.45. The van der Waals surface area contributed by atoms with Gasteiger partial charge in [0.05, 0.1) is 23.4 Å². The number of carbonyl (C=O) groups excluding carboxylic acids is 1.